The number of carbonyl (C=O) groups is 1. The first-order chi connectivity index (χ1) is 13.3. The third-order valence-corrected chi connectivity index (χ3v) is 5.28. The molecule has 5 rings (SSSR count). The number of fused-ring (bicyclic) bond motifs is 1. The van der Waals surface area contributed by atoms with E-state index >= 15 is 0 Å². The van der Waals surface area contributed by atoms with Crippen molar-refractivity contribution in [3.05, 3.63) is 41.0 Å². The lowest BCUT2D eigenvalue weighted by molar-refractivity contribution is 0.174. The number of thiophene rings is 1. The van der Waals surface area contributed by atoms with E-state index in [4.69, 9.17) is 14.0 Å². The lowest BCUT2D eigenvalue weighted by Crippen LogP contribution is -2.28. The Morgan fingerprint density at radius 1 is 1.22 bits per heavy atom. The van der Waals surface area contributed by atoms with Crippen LogP contribution in [0.4, 0.5) is 10.5 Å². The quantitative estimate of drug-likeness (QED) is 0.696. The van der Waals surface area contributed by atoms with Crippen LogP contribution >= 0.6 is 11.3 Å². The zero-order chi connectivity index (χ0) is 18.2. The number of carbonyl (C=O) groups excluding carboxylic acids is 1. The van der Waals surface area contributed by atoms with Crippen molar-refractivity contribution in [2.75, 3.05) is 12.1 Å². The van der Waals surface area contributed by atoms with Crippen LogP contribution in [0.2, 0.25) is 0 Å². The third-order valence-electron chi connectivity index (χ3n) is 4.38. The second-order valence-electron chi connectivity index (χ2n) is 6.39. The van der Waals surface area contributed by atoms with E-state index in [1.165, 1.54) is 11.3 Å². The maximum atomic E-state index is 12.3. The zero-order valence-electron chi connectivity index (χ0n) is 14.2. The second-order valence-corrected chi connectivity index (χ2v) is 7.31. The van der Waals surface area contributed by atoms with E-state index < -0.39 is 0 Å². The highest BCUT2D eigenvalue weighted by atomic mass is 32.1. The summed E-state index contributed by atoms with van der Waals surface area (Å²) < 4.78 is 16.0. The summed E-state index contributed by atoms with van der Waals surface area (Å²) in [6.07, 6.45) is 2.22. The van der Waals surface area contributed by atoms with Crippen LogP contribution in [-0.4, -0.2) is 23.0 Å². The van der Waals surface area contributed by atoms with Gasteiger partial charge in [0.1, 0.15) is 4.88 Å². The van der Waals surface area contributed by atoms with Crippen LogP contribution in [-0.2, 0) is 6.54 Å². The Labute approximate surface area is 158 Å². The van der Waals surface area contributed by atoms with Crippen molar-refractivity contribution in [3.8, 4) is 22.3 Å². The molecule has 9 heteroatoms. The van der Waals surface area contributed by atoms with Gasteiger partial charge in [0, 0.05) is 12.5 Å². The summed E-state index contributed by atoms with van der Waals surface area (Å²) in [5.74, 6) is 3.02. The Morgan fingerprint density at radius 3 is 3.00 bits per heavy atom. The third kappa shape index (κ3) is 3.33. The van der Waals surface area contributed by atoms with Crippen molar-refractivity contribution in [3.63, 3.8) is 0 Å². The number of benzene rings is 1. The van der Waals surface area contributed by atoms with Gasteiger partial charge in [-0.1, -0.05) is 11.2 Å². The van der Waals surface area contributed by atoms with E-state index in [1.54, 1.807) is 0 Å². The second kappa shape index (κ2) is 6.58. The summed E-state index contributed by atoms with van der Waals surface area (Å²) in [6, 6.07) is 7.09. The van der Waals surface area contributed by atoms with Gasteiger partial charge in [0.15, 0.2) is 17.3 Å². The summed E-state index contributed by atoms with van der Waals surface area (Å²) >= 11 is 1.45. The van der Waals surface area contributed by atoms with Gasteiger partial charge in [0.2, 0.25) is 6.79 Å². The standard InChI is InChI=1S/C18H16N4O4S/c23-18(19-8-10-1-4-13-14(7-10)25-9-24-13)20-12-5-6-27-15(12)17-21-16(22-26-17)11-2-3-11/h1,4-7,11H,2-3,8-9H2,(H2,19,20,23). The molecule has 8 nitrogen and oxygen atoms in total. The number of nitrogens with one attached hydrogen (secondary N) is 2. The molecule has 0 spiro atoms. The van der Waals surface area contributed by atoms with Crippen molar-refractivity contribution in [1.29, 1.82) is 0 Å². The van der Waals surface area contributed by atoms with E-state index in [-0.39, 0.29) is 12.8 Å². The molecule has 2 aliphatic rings. The van der Waals surface area contributed by atoms with E-state index in [0.29, 0.717) is 29.8 Å². The largest absolute Gasteiger partial charge is 0.454 e. The Balaban J connectivity index is 1.23. The monoisotopic (exact) mass is 384 g/mol. The molecule has 3 heterocycles. The lowest BCUT2D eigenvalue weighted by Gasteiger charge is -2.08. The highest BCUT2D eigenvalue weighted by molar-refractivity contribution is 7.14. The first-order valence-corrected chi connectivity index (χ1v) is 9.49. The van der Waals surface area contributed by atoms with Crippen molar-refractivity contribution in [2.24, 2.45) is 0 Å². The molecule has 1 aliphatic carbocycles. The molecular weight excluding hydrogens is 368 g/mol. The fourth-order valence-electron chi connectivity index (χ4n) is 2.81. The first kappa shape index (κ1) is 16.1. The van der Waals surface area contributed by atoms with Crippen LogP contribution < -0.4 is 20.1 Å². The van der Waals surface area contributed by atoms with Crippen molar-refractivity contribution in [2.45, 2.75) is 25.3 Å². The van der Waals surface area contributed by atoms with Crippen LogP contribution in [0.1, 0.15) is 30.1 Å². The van der Waals surface area contributed by atoms with Gasteiger partial charge in [-0.2, -0.15) is 4.98 Å². The van der Waals surface area contributed by atoms with Gasteiger partial charge in [-0.25, -0.2) is 4.79 Å². The molecule has 2 N–H and O–H groups in total. The van der Waals surface area contributed by atoms with Gasteiger partial charge in [0.25, 0.3) is 5.89 Å². The van der Waals surface area contributed by atoms with E-state index in [9.17, 15) is 4.79 Å². The van der Waals surface area contributed by atoms with Gasteiger partial charge < -0.3 is 24.6 Å². The maximum absolute atomic E-state index is 12.3. The molecule has 27 heavy (non-hydrogen) atoms. The van der Waals surface area contributed by atoms with Gasteiger partial charge in [-0.15, -0.1) is 11.3 Å². The molecule has 1 fully saturated rings. The van der Waals surface area contributed by atoms with E-state index in [1.807, 2.05) is 29.6 Å². The molecule has 138 valence electrons. The zero-order valence-corrected chi connectivity index (χ0v) is 15.0. The average molecular weight is 384 g/mol. The predicted octanol–water partition coefficient (Wildman–Crippen LogP) is 3.73. The number of nitrogens with zero attached hydrogens (tertiary/aromatic N) is 2. The van der Waals surface area contributed by atoms with Crippen LogP contribution in [0.15, 0.2) is 34.2 Å². The normalized spacial score (nSPS) is 15.0. The van der Waals surface area contributed by atoms with E-state index in [2.05, 4.69) is 20.8 Å². The minimum atomic E-state index is -0.311. The molecule has 0 unspecified atom stereocenters. The smallest absolute Gasteiger partial charge is 0.319 e. The van der Waals surface area contributed by atoms with E-state index in [0.717, 1.165) is 34.9 Å². The molecule has 0 radical (unpaired) electrons. The Hall–Kier alpha value is -3.07. The minimum absolute atomic E-state index is 0.228. The molecule has 3 aromatic rings. The molecule has 2 amide bonds. The van der Waals surface area contributed by atoms with Crippen molar-refractivity contribution < 1.29 is 18.8 Å². The number of hydrogen-bond donors (Lipinski definition) is 2. The molecule has 2 aromatic heterocycles. The summed E-state index contributed by atoms with van der Waals surface area (Å²) in [4.78, 5) is 17.5. The molecule has 1 saturated carbocycles. The summed E-state index contributed by atoms with van der Waals surface area (Å²) in [7, 11) is 0. The predicted molar refractivity (Wildman–Crippen MR) is 98.0 cm³/mol. The van der Waals surface area contributed by atoms with Crippen LogP contribution in [0.25, 0.3) is 10.8 Å². The molecule has 0 saturated heterocycles. The highest BCUT2D eigenvalue weighted by Crippen LogP contribution is 2.40. The summed E-state index contributed by atoms with van der Waals surface area (Å²) in [5, 5.41) is 11.6. The number of urea groups is 1. The van der Waals surface area contributed by atoms with Gasteiger partial charge in [-0.3, -0.25) is 0 Å². The summed E-state index contributed by atoms with van der Waals surface area (Å²) in [5.41, 5.74) is 1.57. The summed E-state index contributed by atoms with van der Waals surface area (Å²) in [6.45, 7) is 0.597. The average Bonchev–Trinajstić information content (AvgIpc) is 3.08. The highest BCUT2D eigenvalue weighted by Gasteiger charge is 2.29. The Kier molecular flexibility index (Phi) is 3.93. The minimum Gasteiger partial charge on any atom is -0.454 e. The van der Waals surface area contributed by atoms with Crippen LogP contribution in [0.5, 0.6) is 11.5 Å². The SMILES string of the molecule is O=C(NCc1ccc2c(c1)OCO2)Nc1ccsc1-c1nc(C2CC2)no1. The number of aromatic nitrogens is 2. The molecular formula is C18H16N4O4S. The number of ether oxygens (including phenoxy) is 2. The first-order valence-electron chi connectivity index (χ1n) is 8.61. The topological polar surface area (TPSA) is 98.5 Å². The molecule has 1 aromatic carbocycles. The Morgan fingerprint density at radius 2 is 2.11 bits per heavy atom. The molecule has 1 aliphatic heterocycles. The lowest BCUT2D eigenvalue weighted by atomic mass is 10.2. The Bertz CT molecular complexity index is 995. The number of hydrogen-bond acceptors (Lipinski definition) is 7. The number of rotatable bonds is 5. The van der Waals surface area contributed by atoms with Gasteiger partial charge in [-0.05, 0) is 42.0 Å². The fraction of sp³-hybridized carbons (Fsp3) is 0.278. The van der Waals surface area contributed by atoms with Gasteiger partial charge >= 0.3 is 6.03 Å². The van der Waals surface area contributed by atoms with Gasteiger partial charge in [0.05, 0.1) is 5.69 Å². The van der Waals surface area contributed by atoms with Crippen molar-refractivity contribution >= 4 is 23.1 Å². The number of amides is 2. The van der Waals surface area contributed by atoms with Crippen LogP contribution in [0, 0.1) is 0 Å². The molecule has 0 bridgehead atoms. The maximum Gasteiger partial charge on any atom is 0.319 e. The molecule has 0 atom stereocenters. The van der Waals surface area contributed by atoms with Crippen molar-refractivity contribution in [1.82, 2.24) is 15.5 Å². The fourth-order valence-corrected chi connectivity index (χ4v) is 3.58. The number of anilines is 1. The van der Waals surface area contributed by atoms with Crippen LogP contribution in [0.3, 0.4) is 0 Å².